The largest absolute Gasteiger partial charge is 0.444 e. The number of ether oxygens (including phenoxy) is 1. The van der Waals surface area contributed by atoms with Gasteiger partial charge in [0.2, 0.25) is 0 Å². The molecule has 1 saturated heterocycles. The van der Waals surface area contributed by atoms with Crippen LogP contribution in [0.4, 0.5) is 4.79 Å². The molecule has 4 nitrogen and oxygen atoms in total. The maximum atomic E-state index is 11.2. The van der Waals surface area contributed by atoms with E-state index in [0.29, 0.717) is 5.92 Å². The van der Waals surface area contributed by atoms with E-state index in [-0.39, 0.29) is 0 Å². The van der Waals surface area contributed by atoms with Crippen LogP contribution in [0.2, 0.25) is 0 Å². The summed E-state index contributed by atoms with van der Waals surface area (Å²) in [5.74, 6) is 2.30. The molecule has 1 heterocycles. The molecule has 2 rings (SSSR count). The van der Waals surface area contributed by atoms with Crippen molar-refractivity contribution in [3.05, 3.63) is 0 Å². The van der Waals surface area contributed by atoms with Gasteiger partial charge in [-0.2, -0.15) is 0 Å². The van der Waals surface area contributed by atoms with Gasteiger partial charge in [-0.1, -0.05) is 45.4 Å². The Morgan fingerprint density at radius 1 is 1.07 bits per heavy atom. The van der Waals surface area contributed by atoms with Gasteiger partial charge in [-0.3, -0.25) is 0 Å². The number of carbonyl (C=O) groups is 1. The monoisotopic (exact) mass is 380 g/mol. The molecule has 0 spiro atoms. The standard InChI is InChI=1S/C23H44N2O2/c1-4-5-6-7-11-19-12-10-15-25(17-19)18-21-14-9-8-13-20(21)16-23(2,3)27-22(24)26/h19-21H,4-18H2,1-3H3,(H2,24,26)/t19?,20-,21-/m0/s1. The second-order valence-corrected chi connectivity index (χ2v) is 9.81. The quantitative estimate of drug-likeness (QED) is 0.492. The molecular formula is C23H44N2O2. The summed E-state index contributed by atoms with van der Waals surface area (Å²) in [5.41, 5.74) is 4.82. The minimum atomic E-state index is -0.644. The molecule has 2 fully saturated rings. The highest BCUT2D eigenvalue weighted by atomic mass is 16.6. The molecule has 1 unspecified atom stereocenters. The lowest BCUT2D eigenvalue weighted by molar-refractivity contribution is 0.00569. The Labute approximate surface area is 167 Å². The number of primary amides is 1. The molecule has 1 aliphatic heterocycles. The van der Waals surface area contributed by atoms with Crippen LogP contribution in [0, 0.1) is 17.8 Å². The van der Waals surface area contributed by atoms with Gasteiger partial charge in [0.15, 0.2) is 0 Å². The van der Waals surface area contributed by atoms with Gasteiger partial charge in [0, 0.05) is 13.1 Å². The number of hydrogen-bond acceptors (Lipinski definition) is 3. The number of nitrogens with zero attached hydrogens (tertiary/aromatic N) is 1. The lowest BCUT2D eigenvalue weighted by Gasteiger charge is -2.41. The fourth-order valence-corrected chi connectivity index (χ4v) is 5.48. The topological polar surface area (TPSA) is 55.6 Å². The average Bonchev–Trinajstić information content (AvgIpc) is 2.59. The highest BCUT2D eigenvalue weighted by Crippen LogP contribution is 2.37. The number of nitrogens with two attached hydrogens (primary N) is 1. The SMILES string of the molecule is CCCCCCC1CCCN(C[C@@H]2CCCC[C@H]2CC(C)(C)OC(N)=O)C1. The third kappa shape index (κ3) is 8.41. The maximum absolute atomic E-state index is 11.2. The lowest BCUT2D eigenvalue weighted by atomic mass is 9.74. The van der Waals surface area contributed by atoms with Crippen LogP contribution in [0.5, 0.6) is 0 Å². The summed E-state index contributed by atoms with van der Waals surface area (Å²) < 4.78 is 5.39. The maximum Gasteiger partial charge on any atom is 0.405 e. The number of unbranched alkanes of at least 4 members (excludes halogenated alkanes) is 3. The second-order valence-electron chi connectivity index (χ2n) is 9.81. The first kappa shape index (κ1) is 22.5. The third-order valence-corrected chi connectivity index (χ3v) is 6.76. The van der Waals surface area contributed by atoms with Gasteiger partial charge >= 0.3 is 6.09 Å². The number of rotatable bonds is 10. The molecular weight excluding hydrogens is 336 g/mol. The van der Waals surface area contributed by atoms with E-state index in [9.17, 15) is 4.79 Å². The molecule has 1 amide bonds. The average molecular weight is 381 g/mol. The fourth-order valence-electron chi connectivity index (χ4n) is 5.48. The Hall–Kier alpha value is -0.770. The Morgan fingerprint density at radius 3 is 2.52 bits per heavy atom. The summed E-state index contributed by atoms with van der Waals surface area (Å²) in [6.07, 6.45) is 15.3. The normalized spacial score (nSPS) is 27.4. The number of carbonyl (C=O) groups excluding carboxylic acids is 1. The first-order chi connectivity index (χ1) is 12.9. The summed E-state index contributed by atoms with van der Waals surface area (Å²) in [4.78, 5) is 14.0. The van der Waals surface area contributed by atoms with E-state index in [1.165, 1.54) is 90.3 Å². The number of amides is 1. The van der Waals surface area contributed by atoms with Crippen molar-refractivity contribution in [1.29, 1.82) is 0 Å². The van der Waals surface area contributed by atoms with E-state index in [1.54, 1.807) is 0 Å². The van der Waals surface area contributed by atoms with Crippen LogP contribution in [-0.2, 0) is 4.74 Å². The number of likely N-dealkylation sites (tertiary alicyclic amines) is 1. The molecule has 0 bridgehead atoms. The van der Waals surface area contributed by atoms with E-state index in [2.05, 4.69) is 11.8 Å². The zero-order valence-corrected chi connectivity index (χ0v) is 18.2. The van der Waals surface area contributed by atoms with E-state index < -0.39 is 11.7 Å². The van der Waals surface area contributed by atoms with Crippen LogP contribution in [0.3, 0.4) is 0 Å². The Morgan fingerprint density at radius 2 is 1.81 bits per heavy atom. The predicted octanol–water partition coefficient (Wildman–Crippen LogP) is 5.74. The third-order valence-electron chi connectivity index (χ3n) is 6.76. The summed E-state index contributed by atoms with van der Waals surface area (Å²) in [6, 6.07) is 0. The van der Waals surface area contributed by atoms with Crippen LogP contribution in [-0.4, -0.2) is 36.2 Å². The summed E-state index contributed by atoms with van der Waals surface area (Å²) in [7, 11) is 0. The van der Waals surface area contributed by atoms with Gasteiger partial charge < -0.3 is 15.4 Å². The molecule has 2 N–H and O–H groups in total. The van der Waals surface area contributed by atoms with Crippen molar-refractivity contribution >= 4 is 6.09 Å². The molecule has 1 saturated carbocycles. The summed E-state index contributed by atoms with van der Waals surface area (Å²) >= 11 is 0. The van der Waals surface area contributed by atoms with Crippen LogP contribution in [0.15, 0.2) is 0 Å². The lowest BCUT2D eigenvalue weighted by Crippen LogP contribution is -2.42. The molecule has 3 atom stereocenters. The van der Waals surface area contributed by atoms with Gasteiger partial charge in [-0.05, 0) is 76.7 Å². The molecule has 1 aliphatic carbocycles. The summed E-state index contributed by atoms with van der Waals surface area (Å²) in [6.45, 7) is 10.1. The van der Waals surface area contributed by atoms with Crippen LogP contribution < -0.4 is 5.73 Å². The van der Waals surface area contributed by atoms with Crippen molar-refractivity contribution in [3.8, 4) is 0 Å². The molecule has 0 radical (unpaired) electrons. The number of hydrogen-bond donors (Lipinski definition) is 1. The van der Waals surface area contributed by atoms with Crippen molar-refractivity contribution < 1.29 is 9.53 Å². The Balaban J connectivity index is 1.82. The Bertz CT molecular complexity index is 438. The molecule has 158 valence electrons. The zero-order chi connectivity index (χ0) is 19.7. The van der Waals surface area contributed by atoms with Crippen molar-refractivity contribution in [2.24, 2.45) is 23.5 Å². The van der Waals surface area contributed by atoms with Gasteiger partial charge in [-0.25, -0.2) is 4.79 Å². The highest BCUT2D eigenvalue weighted by molar-refractivity contribution is 5.65. The van der Waals surface area contributed by atoms with Gasteiger partial charge in [0.05, 0.1) is 0 Å². The molecule has 0 aromatic carbocycles. The minimum Gasteiger partial charge on any atom is -0.444 e. The van der Waals surface area contributed by atoms with Gasteiger partial charge in [0.1, 0.15) is 5.60 Å². The van der Waals surface area contributed by atoms with Crippen LogP contribution in [0.1, 0.15) is 97.8 Å². The zero-order valence-electron chi connectivity index (χ0n) is 18.2. The fraction of sp³-hybridized carbons (Fsp3) is 0.957. The van der Waals surface area contributed by atoms with Crippen molar-refractivity contribution in [2.75, 3.05) is 19.6 Å². The first-order valence-corrected chi connectivity index (χ1v) is 11.6. The van der Waals surface area contributed by atoms with E-state index in [1.807, 2.05) is 13.8 Å². The van der Waals surface area contributed by atoms with Crippen LogP contribution in [0.25, 0.3) is 0 Å². The minimum absolute atomic E-state index is 0.449. The first-order valence-electron chi connectivity index (χ1n) is 11.6. The number of piperidine rings is 1. The van der Waals surface area contributed by atoms with Gasteiger partial charge in [-0.15, -0.1) is 0 Å². The highest BCUT2D eigenvalue weighted by Gasteiger charge is 2.34. The molecule has 0 aromatic rings. The van der Waals surface area contributed by atoms with E-state index >= 15 is 0 Å². The molecule has 2 aliphatic rings. The van der Waals surface area contributed by atoms with Gasteiger partial charge in [0.25, 0.3) is 0 Å². The van der Waals surface area contributed by atoms with Crippen LogP contribution >= 0.6 is 0 Å². The smallest absolute Gasteiger partial charge is 0.405 e. The predicted molar refractivity (Wildman–Crippen MR) is 113 cm³/mol. The van der Waals surface area contributed by atoms with Crippen molar-refractivity contribution in [3.63, 3.8) is 0 Å². The molecule has 4 heteroatoms. The Kier molecular flexibility index (Phi) is 9.41. The van der Waals surface area contributed by atoms with E-state index in [4.69, 9.17) is 10.5 Å². The summed E-state index contributed by atoms with van der Waals surface area (Å²) in [5, 5.41) is 0. The van der Waals surface area contributed by atoms with E-state index in [0.717, 1.165) is 18.3 Å². The van der Waals surface area contributed by atoms with Crippen molar-refractivity contribution in [2.45, 2.75) is 103 Å². The molecule has 0 aromatic heterocycles. The second kappa shape index (κ2) is 11.3. The molecule has 27 heavy (non-hydrogen) atoms. The van der Waals surface area contributed by atoms with Crippen molar-refractivity contribution in [1.82, 2.24) is 4.90 Å².